The van der Waals surface area contributed by atoms with Crippen molar-refractivity contribution in [2.75, 3.05) is 0 Å². The van der Waals surface area contributed by atoms with E-state index < -0.39 is 0 Å². The molecule has 25 heavy (non-hydrogen) atoms. The maximum atomic E-state index is 5.85. The third-order valence-electron chi connectivity index (χ3n) is 3.76. The molecule has 3 aromatic heterocycles. The first-order valence-electron chi connectivity index (χ1n) is 8.07. The van der Waals surface area contributed by atoms with Gasteiger partial charge in [-0.2, -0.15) is 0 Å². The van der Waals surface area contributed by atoms with Crippen LogP contribution in [-0.4, -0.2) is 26.0 Å². The van der Waals surface area contributed by atoms with E-state index in [1.165, 1.54) is 0 Å². The van der Waals surface area contributed by atoms with Crippen LogP contribution in [0.1, 0.15) is 25.1 Å². The van der Waals surface area contributed by atoms with Crippen molar-refractivity contribution < 1.29 is 4.74 Å². The van der Waals surface area contributed by atoms with E-state index in [9.17, 15) is 0 Å². The maximum Gasteiger partial charge on any atom is 0.166 e. The Morgan fingerprint density at radius 3 is 3.00 bits per heavy atom. The van der Waals surface area contributed by atoms with Gasteiger partial charge in [0.15, 0.2) is 5.16 Å². The number of aromatic nitrogens is 4. The quantitative estimate of drug-likeness (QED) is 0.503. The predicted octanol–water partition coefficient (Wildman–Crippen LogP) is 4.96. The Kier molecular flexibility index (Phi) is 4.35. The minimum Gasteiger partial charge on any atom is -0.491 e. The number of aryl methyl sites for hydroxylation is 1. The number of pyridine rings is 1. The lowest BCUT2D eigenvalue weighted by atomic mass is 10.2. The van der Waals surface area contributed by atoms with Crippen LogP contribution in [0.3, 0.4) is 0 Å². The Bertz CT molecular complexity index is 1040. The van der Waals surface area contributed by atoms with Gasteiger partial charge in [-0.1, -0.05) is 11.8 Å². The molecule has 0 aliphatic rings. The molecule has 5 nitrogen and oxygen atoms in total. The molecule has 0 fully saturated rings. The van der Waals surface area contributed by atoms with Gasteiger partial charge in [0.1, 0.15) is 11.3 Å². The molecule has 0 saturated carbocycles. The molecular weight excluding hydrogens is 352 g/mol. The number of ether oxygens (including phenoxy) is 1. The van der Waals surface area contributed by atoms with E-state index in [0.717, 1.165) is 49.2 Å². The van der Waals surface area contributed by atoms with Gasteiger partial charge in [0.05, 0.1) is 33.0 Å². The fraction of sp³-hybridized carbons (Fsp3) is 0.278. The molecule has 0 atom stereocenters. The number of aromatic amines is 1. The van der Waals surface area contributed by atoms with E-state index in [-0.39, 0.29) is 6.10 Å². The Hall–Kier alpha value is -2.12. The van der Waals surface area contributed by atoms with Crippen molar-refractivity contribution in [3.63, 3.8) is 0 Å². The largest absolute Gasteiger partial charge is 0.491 e. The highest BCUT2D eigenvalue weighted by molar-refractivity contribution is 7.98. The van der Waals surface area contributed by atoms with E-state index in [0.29, 0.717) is 0 Å². The van der Waals surface area contributed by atoms with Gasteiger partial charge in [-0.05, 0) is 32.9 Å². The van der Waals surface area contributed by atoms with Crippen molar-refractivity contribution in [2.45, 2.75) is 37.8 Å². The van der Waals surface area contributed by atoms with Crippen LogP contribution in [0.2, 0.25) is 0 Å². The third kappa shape index (κ3) is 3.34. The second kappa shape index (κ2) is 6.65. The van der Waals surface area contributed by atoms with Crippen LogP contribution in [0, 0.1) is 6.92 Å². The van der Waals surface area contributed by atoms with Crippen LogP contribution in [-0.2, 0) is 5.75 Å². The number of hydrogen-bond donors (Lipinski definition) is 1. The highest BCUT2D eigenvalue weighted by Gasteiger charge is 2.10. The summed E-state index contributed by atoms with van der Waals surface area (Å²) in [7, 11) is 0. The van der Waals surface area contributed by atoms with Gasteiger partial charge in [-0.15, -0.1) is 11.3 Å². The molecule has 0 spiro atoms. The highest BCUT2D eigenvalue weighted by atomic mass is 32.2. The molecule has 4 rings (SSSR count). The van der Waals surface area contributed by atoms with Crippen LogP contribution in [0.5, 0.6) is 5.75 Å². The van der Waals surface area contributed by atoms with Crippen LogP contribution in [0.4, 0.5) is 0 Å². The summed E-state index contributed by atoms with van der Waals surface area (Å²) in [5.74, 6) is 1.64. The monoisotopic (exact) mass is 370 g/mol. The zero-order chi connectivity index (χ0) is 17.4. The van der Waals surface area contributed by atoms with Crippen LogP contribution >= 0.6 is 23.1 Å². The minimum atomic E-state index is 0.152. The molecule has 0 bridgehead atoms. The minimum absolute atomic E-state index is 0.152. The number of nitrogens with zero attached hydrogens (tertiary/aromatic N) is 3. The number of hydrogen-bond acceptors (Lipinski definition) is 6. The van der Waals surface area contributed by atoms with Crippen LogP contribution in [0.15, 0.2) is 35.1 Å². The Morgan fingerprint density at radius 1 is 1.28 bits per heavy atom. The predicted molar refractivity (Wildman–Crippen MR) is 104 cm³/mol. The van der Waals surface area contributed by atoms with Gasteiger partial charge >= 0.3 is 0 Å². The summed E-state index contributed by atoms with van der Waals surface area (Å²) in [5.41, 5.74) is 6.92. The first-order chi connectivity index (χ1) is 12.1. The second-order valence-corrected chi connectivity index (χ2v) is 7.92. The number of rotatable bonds is 5. The number of thiazole rings is 1. The fourth-order valence-electron chi connectivity index (χ4n) is 2.59. The van der Waals surface area contributed by atoms with Crippen molar-refractivity contribution in [1.82, 2.24) is 19.9 Å². The first-order valence-corrected chi connectivity index (χ1v) is 9.93. The van der Waals surface area contributed by atoms with Gasteiger partial charge in [-0.3, -0.25) is 4.98 Å². The molecule has 1 N–H and O–H groups in total. The average Bonchev–Trinajstić information content (AvgIpc) is 3.20. The van der Waals surface area contributed by atoms with Crippen molar-refractivity contribution in [2.24, 2.45) is 0 Å². The van der Waals surface area contributed by atoms with E-state index in [1.807, 2.05) is 50.7 Å². The highest BCUT2D eigenvalue weighted by Crippen LogP contribution is 2.30. The molecule has 1 aromatic carbocycles. The molecule has 0 aliphatic heterocycles. The number of H-pyrrole nitrogens is 1. The zero-order valence-corrected chi connectivity index (χ0v) is 15.9. The van der Waals surface area contributed by atoms with E-state index in [4.69, 9.17) is 9.72 Å². The Morgan fingerprint density at radius 2 is 2.16 bits per heavy atom. The lowest BCUT2D eigenvalue weighted by Gasteiger charge is -2.13. The summed E-state index contributed by atoms with van der Waals surface area (Å²) in [6.07, 6.45) is 2.02. The lowest BCUT2D eigenvalue weighted by Crippen LogP contribution is -2.07. The lowest BCUT2D eigenvalue weighted by molar-refractivity contribution is 0.240. The fourth-order valence-corrected chi connectivity index (χ4v) is 4.15. The summed E-state index contributed by atoms with van der Waals surface area (Å²) in [6, 6.07) is 6.08. The average molecular weight is 371 g/mol. The van der Waals surface area contributed by atoms with Crippen molar-refractivity contribution in [3.8, 4) is 5.75 Å². The van der Waals surface area contributed by atoms with Gasteiger partial charge in [0.25, 0.3) is 0 Å². The third-order valence-corrected chi connectivity index (χ3v) is 5.51. The number of thioether (sulfide) groups is 1. The van der Waals surface area contributed by atoms with Gasteiger partial charge in [-0.25, -0.2) is 9.97 Å². The van der Waals surface area contributed by atoms with Crippen molar-refractivity contribution >= 4 is 44.3 Å². The molecule has 3 heterocycles. The number of fused-ring (bicyclic) bond motifs is 3. The Balaban J connectivity index is 1.56. The summed E-state index contributed by atoms with van der Waals surface area (Å²) in [4.78, 5) is 17.0. The topological polar surface area (TPSA) is 63.7 Å². The SMILES string of the molecule is Cc1cnc(CSc2nc3c(ccc4ncsc43)[nH]2)cc1OC(C)C. The smallest absolute Gasteiger partial charge is 0.166 e. The molecule has 0 radical (unpaired) electrons. The number of benzene rings is 1. The van der Waals surface area contributed by atoms with E-state index in [1.54, 1.807) is 23.1 Å². The van der Waals surface area contributed by atoms with E-state index >= 15 is 0 Å². The van der Waals surface area contributed by atoms with Crippen molar-refractivity contribution in [3.05, 3.63) is 41.2 Å². The summed E-state index contributed by atoms with van der Waals surface area (Å²) >= 11 is 3.27. The molecule has 0 saturated heterocycles. The molecule has 7 heteroatoms. The molecule has 128 valence electrons. The van der Waals surface area contributed by atoms with Crippen LogP contribution < -0.4 is 4.74 Å². The molecule has 0 amide bonds. The summed E-state index contributed by atoms with van der Waals surface area (Å²) in [5, 5.41) is 0.893. The number of imidazole rings is 1. The maximum absolute atomic E-state index is 5.85. The van der Waals surface area contributed by atoms with E-state index in [2.05, 4.69) is 15.0 Å². The Labute approximate surface area is 153 Å². The molecular formula is C18H18N4OS2. The summed E-state index contributed by atoms with van der Waals surface area (Å²) in [6.45, 7) is 6.08. The number of nitrogens with one attached hydrogen (secondary N) is 1. The van der Waals surface area contributed by atoms with Gasteiger partial charge in [0.2, 0.25) is 0 Å². The standard InChI is InChI=1S/C18H18N4OS2/c1-10(2)23-15-6-12(19-7-11(15)3)8-24-18-21-13-4-5-14-17(16(13)22-18)25-9-20-14/h4-7,9-10H,8H2,1-3H3,(H,21,22). The molecule has 0 aliphatic carbocycles. The second-order valence-electron chi connectivity index (χ2n) is 6.10. The first kappa shape index (κ1) is 16.4. The normalized spacial score (nSPS) is 11.7. The van der Waals surface area contributed by atoms with Gasteiger partial charge < -0.3 is 9.72 Å². The van der Waals surface area contributed by atoms with Gasteiger partial charge in [0, 0.05) is 23.6 Å². The molecule has 4 aromatic rings. The van der Waals surface area contributed by atoms with Crippen molar-refractivity contribution in [1.29, 1.82) is 0 Å². The molecule has 0 unspecified atom stereocenters. The van der Waals surface area contributed by atoms with Crippen LogP contribution in [0.25, 0.3) is 21.3 Å². The zero-order valence-electron chi connectivity index (χ0n) is 14.2. The summed E-state index contributed by atoms with van der Waals surface area (Å²) < 4.78 is 6.97.